The summed E-state index contributed by atoms with van der Waals surface area (Å²) in [5.41, 5.74) is 21.1. The molecule has 4 heterocycles. The minimum atomic E-state index is -0.536. The van der Waals surface area contributed by atoms with E-state index in [0.29, 0.717) is 55.9 Å². The molecule has 0 atom stereocenters. The van der Waals surface area contributed by atoms with Crippen LogP contribution >= 0.6 is 11.6 Å². The van der Waals surface area contributed by atoms with E-state index < -0.39 is 11.6 Å². The minimum absolute atomic E-state index is 0.0284. The summed E-state index contributed by atoms with van der Waals surface area (Å²) < 4.78 is 30.1. The number of nitrogen functional groups attached to an aromatic ring is 2. The van der Waals surface area contributed by atoms with Crippen LogP contribution in [0, 0.1) is 18.6 Å². The molecule has 52 heavy (non-hydrogen) atoms. The Morgan fingerprint density at radius 1 is 0.519 bits per heavy atom. The van der Waals surface area contributed by atoms with Crippen LogP contribution in [0.5, 0.6) is 0 Å². The number of halogens is 3. The largest absolute Gasteiger partial charge is 0.383 e. The second-order valence-corrected chi connectivity index (χ2v) is 12.2. The maximum Gasteiger partial charge on any atom is 0.141 e. The lowest BCUT2D eigenvalue weighted by molar-refractivity contribution is 0.628. The fraction of sp³-hybridized carbons (Fsp3) is 0.0732. The third kappa shape index (κ3) is 6.13. The molecule has 0 fully saturated rings. The number of nitrogens with zero attached hydrogens (tertiary/aromatic N) is 6. The molecule has 0 amide bonds. The summed E-state index contributed by atoms with van der Waals surface area (Å²) in [6, 6.07) is 24.4. The van der Waals surface area contributed by atoms with E-state index in [1.807, 2.05) is 63.2 Å². The number of aryl methyl sites for hydroxylation is 1. The first-order chi connectivity index (χ1) is 25.3. The molecule has 4 aromatic heterocycles. The van der Waals surface area contributed by atoms with Gasteiger partial charge >= 0.3 is 0 Å². The maximum absolute atomic E-state index is 16.1. The van der Waals surface area contributed by atoms with Gasteiger partial charge in [0, 0.05) is 56.5 Å². The molecule has 11 heteroatoms. The minimum Gasteiger partial charge on any atom is -0.383 e. The summed E-state index contributed by atoms with van der Waals surface area (Å²) in [7, 11) is 0. The number of rotatable bonds is 5. The molecule has 8 rings (SSSR count). The van der Waals surface area contributed by atoms with E-state index >= 15 is 4.39 Å². The van der Waals surface area contributed by atoms with Gasteiger partial charge in [0.2, 0.25) is 0 Å². The summed E-state index contributed by atoms with van der Waals surface area (Å²) in [5, 5.41) is 1.23. The fourth-order valence-electron chi connectivity index (χ4n) is 6.33. The van der Waals surface area contributed by atoms with Crippen molar-refractivity contribution in [3.05, 3.63) is 132 Å². The van der Waals surface area contributed by atoms with Gasteiger partial charge in [-0.1, -0.05) is 37.6 Å². The van der Waals surface area contributed by atoms with Crippen LogP contribution in [0.4, 0.5) is 20.4 Å². The number of benzene rings is 4. The monoisotopic (exact) mass is 708 g/mol. The Kier molecular flexibility index (Phi) is 9.23. The molecular formula is C41H31ClF2N8. The van der Waals surface area contributed by atoms with Crippen molar-refractivity contribution >= 4 is 45.0 Å². The highest BCUT2D eigenvalue weighted by atomic mass is 35.5. The summed E-state index contributed by atoms with van der Waals surface area (Å²) in [6.07, 6.45) is 6.14. The van der Waals surface area contributed by atoms with Crippen molar-refractivity contribution in [2.75, 3.05) is 11.5 Å². The van der Waals surface area contributed by atoms with Crippen LogP contribution in [0.15, 0.2) is 110 Å². The number of fused-ring (bicyclic) bond motifs is 2. The predicted octanol–water partition coefficient (Wildman–Crippen LogP) is 10.1. The van der Waals surface area contributed by atoms with Crippen LogP contribution in [0.1, 0.15) is 19.4 Å². The van der Waals surface area contributed by atoms with Crippen LogP contribution in [0.25, 0.3) is 77.7 Å². The highest BCUT2D eigenvalue weighted by Crippen LogP contribution is 2.41. The average Bonchev–Trinajstić information content (AvgIpc) is 3.17. The molecule has 0 radical (unpaired) electrons. The van der Waals surface area contributed by atoms with Crippen molar-refractivity contribution in [1.82, 2.24) is 29.9 Å². The van der Waals surface area contributed by atoms with Crippen molar-refractivity contribution in [3.63, 3.8) is 0 Å². The van der Waals surface area contributed by atoms with Crippen molar-refractivity contribution in [3.8, 4) is 55.9 Å². The summed E-state index contributed by atoms with van der Waals surface area (Å²) in [6.45, 7) is 5.97. The Morgan fingerprint density at radius 2 is 1.04 bits per heavy atom. The van der Waals surface area contributed by atoms with Gasteiger partial charge in [-0.05, 0) is 96.4 Å². The quantitative estimate of drug-likeness (QED) is 0.181. The van der Waals surface area contributed by atoms with E-state index in [9.17, 15) is 4.39 Å². The van der Waals surface area contributed by atoms with Crippen LogP contribution in [-0.4, -0.2) is 29.9 Å². The lowest BCUT2D eigenvalue weighted by Crippen LogP contribution is -1.98. The first-order valence-corrected chi connectivity index (χ1v) is 16.9. The Labute approximate surface area is 303 Å². The number of hydrogen-bond acceptors (Lipinski definition) is 8. The third-order valence-electron chi connectivity index (χ3n) is 8.69. The predicted molar refractivity (Wildman–Crippen MR) is 205 cm³/mol. The Balaban J connectivity index is 0.00000207. The van der Waals surface area contributed by atoms with Gasteiger partial charge in [-0.15, -0.1) is 0 Å². The third-order valence-corrected chi connectivity index (χ3v) is 8.98. The molecule has 4 N–H and O–H groups in total. The number of aromatic nitrogens is 6. The van der Waals surface area contributed by atoms with Crippen LogP contribution < -0.4 is 11.5 Å². The zero-order chi connectivity index (χ0) is 36.5. The van der Waals surface area contributed by atoms with Crippen LogP contribution in [0.3, 0.4) is 0 Å². The van der Waals surface area contributed by atoms with Gasteiger partial charge in [-0.2, -0.15) is 0 Å². The standard InChI is InChI=1S/C39H25ClF2N8.C2H6/c1-20-12-23(15-29-34(20)47-18-49-38(29)43)25-4-2-10-45-35(25)21-6-8-32(41)27(13-21)28-14-24(16-30-37(28)48-19-50-39(30)44)26-5-3-11-46-36(26)22-7-9-33(42)31(40)17-22;1-2/h2-19H,1H3,(H2,43,47,49)(H2,44,48,50);1-2H3. The van der Waals surface area contributed by atoms with Crippen LogP contribution in [-0.2, 0) is 0 Å². The number of hydrogen-bond donors (Lipinski definition) is 2. The highest BCUT2D eigenvalue weighted by molar-refractivity contribution is 6.31. The molecule has 0 saturated carbocycles. The van der Waals surface area contributed by atoms with Crippen molar-refractivity contribution < 1.29 is 8.78 Å². The molecule has 4 aromatic carbocycles. The Morgan fingerprint density at radius 3 is 1.65 bits per heavy atom. The maximum atomic E-state index is 16.1. The SMILES string of the molecule is CC.Cc1cc(-c2cccnc2-c2ccc(F)c(-c3cc(-c4cccnc4-c4ccc(F)c(Cl)c4)cc4c(N)ncnc34)c2)cc2c(N)ncnc12. The Bertz CT molecular complexity index is 2650. The van der Waals surface area contributed by atoms with Crippen molar-refractivity contribution in [2.45, 2.75) is 20.8 Å². The zero-order valence-corrected chi connectivity index (χ0v) is 29.1. The average molecular weight is 709 g/mol. The van der Waals surface area contributed by atoms with E-state index in [2.05, 4.69) is 24.9 Å². The first-order valence-electron chi connectivity index (χ1n) is 16.5. The molecular weight excluding hydrogens is 678 g/mol. The second-order valence-electron chi connectivity index (χ2n) is 11.7. The highest BCUT2D eigenvalue weighted by Gasteiger charge is 2.20. The molecule has 0 bridgehead atoms. The van der Waals surface area contributed by atoms with Gasteiger partial charge in [0.05, 0.1) is 27.4 Å². The molecule has 8 aromatic rings. The smallest absolute Gasteiger partial charge is 0.141 e. The summed E-state index contributed by atoms with van der Waals surface area (Å²) in [4.78, 5) is 26.7. The molecule has 0 unspecified atom stereocenters. The normalized spacial score (nSPS) is 11.0. The van der Waals surface area contributed by atoms with E-state index in [4.69, 9.17) is 28.1 Å². The van der Waals surface area contributed by atoms with Gasteiger partial charge in [-0.25, -0.2) is 28.7 Å². The van der Waals surface area contributed by atoms with Crippen molar-refractivity contribution in [2.24, 2.45) is 0 Å². The Hall–Kier alpha value is -6.39. The molecule has 8 nitrogen and oxygen atoms in total. The van der Waals surface area contributed by atoms with Crippen LogP contribution in [0.2, 0.25) is 5.02 Å². The lowest BCUT2D eigenvalue weighted by Gasteiger charge is -2.16. The van der Waals surface area contributed by atoms with Gasteiger partial charge in [-0.3, -0.25) is 9.97 Å². The second kappa shape index (κ2) is 14.1. The molecule has 0 aliphatic rings. The van der Waals surface area contributed by atoms with Crippen molar-refractivity contribution in [1.29, 1.82) is 0 Å². The topological polar surface area (TPSA) is 129 Å². The van der Waals surface area contributed by atoms with E-state index in [-0.39, 0.29) is 16.4 Å². The molecule has 0 spiro atoms. The summed E-state index contributed by atoms with van der Waals surface area (Å²) >= 11 is 6.15. The van der Waals surface area contributed by atoms with Gasteiger partial charge in [0.1, 0.15) is 35.9 Å². The van der Waals surface area contributed by atoms with Gasteiger partial charge in [0.25, 0.3) is 0 Å². The van der Waals surface area contributed by atoms with E-state index in [0.717, 1.165) is 27.6 Å². The van der Waals surface area contributed by atoms with E-state index in [1.165, 1.54) is 30.9 Å². The lowest BCUT2D eigenvalue weighted by atomic mass is 9.91. The van der Waals surface area contributed by atoms with Gasteiger partial charge < -0.3 is 11.5 Å². The van der Waals surface area contributed by atoms with Gasteiger partial charge in [0.15, 0.2) is 0 Å². The number of nitrogens with two attached hydrogens (primary N) is 2. The number of anilines is 2. The molecule has 0 saturated heterocycles. The number of pyridine rings is 2. The molecule has 0 aliphatic heterocycles. The fourth-order valence-corrected chi connectivity index (χ4v) is 6.51. The first kappa shape index (κ1) is 34.1. The van der Waals surface area contributed by atoms with E-state index in [1.54, 1.807) is 36.7 Å². The summed E-state index contributed by atoms with van der Waals surface area (Å²) in [5.74, 6) is -0.398. The zero-order valence-electron chi connectivity index (χ0n) is 28.4. The molecule has 256 valence electrons. The molecule has 0 aliphatic carbocycles.